The van der Waals surface area contributed by atoms with Crippen LogP contribution in [0.3, 0.4) is 0 Å². The first kappa shape index (κ1) is 19.6. The summed E-state index contributed by atoms with van der Waals surface area (Å²) in [5.74, 6) is -1.32. The molecule has 0 unspecified atom stereocenters. The molecule has 1 N–H and O–H groups in total. The third kappa shape index (κ3) is 4.97. The number of esters is 1. The van der Waals surface area contributed by atoms with Crippen LogP contribution >= 0.6 is 0 Å². The van der Waals surface area contributed by atoms with Crippen LogP contribution in [0.15, 0.2) is 60.7 Å². The van der Waals surface area contributed by atoms with Crippen LogP contribution in [-0.4, -0.2) is 42.4 Å². The summed E-state index contributed by atoms with van der Waals surface area (Å²) in [5, 5.41) is 2.77. The van der Waals surface area contributed by atoms with Crippen molar-refractivity contribution in [2.24, 2.45) is 5.92 Å². The van der Waals surface area contributed by atoms with Crippen molar-refractivity contribution < 1.29 is 19.1 Å². The minimum atomic E-state index is -0.779. The van der Waals surface area contributed by atoms with Crippen LogP contribution in [0.2, 0.25) is 0 Å². The molecule has 1 fully saturated rings. The summed E-state index contributed by atoms with van der Waals surface area (Å²) in [6, 6.07) is 18.3. The number of hydrogen-bond donors (Lipinski definition) is 1. The Morgan fingerprint density at radius 3 is 2.29 bits per heavy atom. The molecule has 0 saturated carbocycles. The van der Waals surface area contributed by atoms with Crippen LogP contribution in [0, 0.1) is 5.92 Å². The first-order chi connectivity index (χ1) is 13.6. The average molecular weight is 380 g/mol. The van der Waals surface area contributed by atoms with E-state index in [1.807, 2.05) is 60.7 Å². The number of carbonyl (C=O) groups excluding carboxylic acids is 3. The molecule has 0 bridgehead atoms. The molecule has 0 aromatic heterocycles. The van der Waals surface area contributed by atoms with Crippen LogP contribution in [0.4, 0.5) is 0 Å². The molecule has 2 amide bonds. The molecule has 2 aromatic carbocycles. The zero-order valence-corrected chi connectivity index (χ0v) is 15.8. The highest BCUT2D eigenvalue weighted by Gasteiger charge is 2.36. The van der Waals surface area contributed by atoms with Crippen LogP contribution in [0.1, 0.15) is 17.5 Å². The fraction of sp³-hybridized carbons (Fsp3) is 0.318. The molecular formula is C22H24N2O4. The van der Waals surface area contributed by atoms with Crippen molar-refractivity contribution in [3.05, 3.63) is 71.8 Å². The van der Waals surface area contributed by atoms with E-state index in [4.69, 9.17) is 4.74 Å². The fourth-order valence-corrected chi connectivity index (χ4v) is 3.38. The van der Waals surface area contributed by atoms with Gasteiger partial charge in [0.25, 0.3) is 0 Å². The molecular weight excluding hydrogens is 356 g/mol. The van der Waals surface area contributed by atoms with E-state index in [0.29, 0.717) is 19.5 Å². The lowest BCUT2D eigenvalue weighted by Gasteiger charge is -2.20. The third-order valence-corrected chi connectivity index (χ3v) is 4.89. The molecule has 0 radical (unpaired) electrons. The molecule has 0 aliphatic carbocycles. The Kier molecular flexibility index (Phi) is 6.42. The summed E-state index contributed by atoms with van der Waals surface area (Å²) < 4.78 is 4.84. The number of benzene rings is 2. The molecule has 3 rings (SSSR count). The average Bonchev–Trinajstić information content (AvgIpc) is 3.09. The summed E-state index contributed by atoms with van der Waals surface area (Å²) in [7, 11) is 1.30. The normalized spacial score (nSPS) is 17.2. The van der Waals surface area contributed by atoms with Gasteiger partial charge in [-0.25, -0.2) is 4.79 Å². The molecule has 1 aliphatic rings. The van der Waals surface area contributed by atoms with Gasteiger partial charge >= 0.3 is 5.97 Å². The third-order valence-electron chi connectivity index (χ3n) is 4.89. The van der Waals surface area contributed by atoms with Gasteiger partial charge in [0.2, 0.25) is 11.8 Å². The second kappa shape index (κ2) is 9.17. The fourth-order valence-electron chi connectivity index (χ4n) is 3.38. The van der Waals surface area contributed by atoms with E-state index < -0.39 is 17.9 Å². The van der Waals surface area contributed by atoms with Crippen molar-refractivity contribution in [1.29, 1.82) is 0 Å². The molecule has 1 saturated heterocycles. The van der Waals surface area contributed by atoms with Gasteiger partial charge in [-0.2, -0.15) is 0 Å². The second-order valence-electron chi connectivity index (χ2n) is 6.93. The lowest BCUT2D eigenvalue weighted by molar-refractivity contribution is -0.145. The van der Waals surface area contributed by atoms with Crippen LogP contribution in [-0.2, 0) is 32.1 Å². The second-order valence-corrected chi connectivity index (χ2v) is 6.93. The Morgan fingerprint density at radius 1 is 1.07 bits per heavy atom. The van der Waals surface area contributed by atoms with Crippen molar-refractivity contribution >= 4 is 17.8 Å². The number of hydrogen-bond acceptors (Lipinski definition) is 4. The molecule has 2 aromatic rings. The molecule has 6 heteroatoms. The van der Waals surface area contributed by atoms with Gasteiger partial charge < -0.3 is 15.0 Å². The molecule has 6 nitrogen and oxygen atoms in total. The number of rotatable bonds is 7. The van der Waals surface area contributed by atoms with E-state index in [1.165, 1.54) is 7.11 Å². The van der Waals surface area contributed by atoms with E-state index in [2.05, 4.69) is 5.32 Å². The van der Waals surface area contributed by atoms with Gasteiger partial charge in [0.1, 0.15) is 6.04 Å². The molecule has 28 heavy (non-hydrogen) atoms. The number of likely N-dealkylation sites (tertiary alicyclic amines) is 1. The lowest BCUT2D eigenvalue weighted by atomic mass is 10.0. The Bertz CT molecular complexity index is 823. The van der Waals surface area contributed by atoms with Crippen molar-refractivity contribution in [3.63, 3.8) is 0 Å². The Morgan fingerprint density at radius 2 is 1.68 bits per heavy atom. The van der Waals surface area contributed by atoms with Gasteiger partial charge in [-0.3, -0.25) is 9.59 Å². The quantitative estimate of drug-likeness (QED) is 0.745. The largest absolute Gasteiger partial charge is 0.467 e. The zero-order chi connectivity index (χ0) is 19.9. The van der Waals surface area contributed by atoms with Gasteiger partial charge in [-0.1, -0.05) is 60.7 Å². The smallest absolute Gasteiger partial charge is 0.328 e. The van der Waals surface area contributed by atoms with Gasteiger partial charge in [0.05, 0.1) is 13.0 Å². The first-order valence-corrected chi connectivity index (χ1v) is 9.30. The molecule has 2 atom stereocenters. The number of nitrogens with zero attached hydrogens (tertiary/aromatic N) is 1. The SMILES string of the molecule is COC(=O)[C@@H](Cc1ccccc1)NC(=O)[C@@H]1CC(=O)N(Cc2ccccc2)C1. The molecule has 146 valence electrons. The van der Waals surface area contributed by atoms with E-state index in [-0.39, 0.29) is 18.2 Å². The predicted octanol–water partition coefficient (Wildman–Crippen LogP) is 1.94. The van der Waals surface area contributed by atoms with Gasteiger partial charge in [-0.15, -0.1) is 0 Å². The molecule has 0 spiro atoms. The number of amides is 2. The standard InChI is InChI=1S/C22H24N2O4/c1-28-22(27)19(12-16-8-4-2-5-9-16)23-21(26)18-13-20(25)24(15-18)14-17-10-6-3-7-11-17/h2-11,18-19H,12-15H2,1H3,(H,23,26)/t18-,19-/m1/s1. The maximum atomic E-state index is 12.7. The van der Waals surface area contributed by atoms with Crippen LogP contribution in [0.25, 0.3) is 0 Å². The van der Waals surface area contributed by atoms with Gasteiger partial charge in [-0.05, 0) is 11.1 Å². The maximum absolute atomic E-state index is 12.7. The van der Waals surface area contributed by atoms with Crippen molar-refractivity contribution in [2.75, 3.05) is 13.7 Å². The molecule has 1 heterocycles. The van der Waals surface area contributed by atoms with Gasteiger partial charge in [0, 0.05) is 25.9 Å². The van der Waals surface area contributed by atoms with Crippen molar-refractivity contribution in [1.82, 2.24) is 10.2 Å². The topological polar surface area (TPSA) is 75.7 Å². The minimum absolute atomic E-state index is 0.0540. The maximum Gasteiger partial charge on any atom is 0.328 e. The Labute approximate surface area is 164 Å². The summed E-state index contributed by atoms with van der Waals surface area (Å²) in [5.41, 5.74) is 1.94. The van der Waals surface area contributed by atoms with E-state index >= 15 is 0 Å². The number of nitrogens with one attached hydrogen (secondary N) is 1. The molecule has 1 aliphatic heterocycles. The van der Waals surface area contributed by atoms with Crippen LogP contribution < -0.4 is 5.32 Å². The first-order valence-electron chi connectivity index (χ1n) is 9.30. The lowest BCUT2D eigenvalue weighted by Crippen LogP contribution is -2.46. The summed E-state index contributed by atoms with van der Waals surface area (Å²) in [4.78, 5) is 38.8. The Balaban J connectivity index is 1.62. The summed E-state index contributed by atoms with van der Waals surface area (Å²) in [6.07, 6.45) is 0.492. The van der Waals surface area contributed by atoms with E-state index in [1.54, 1.807) is 4.90 Å². The highest BCUT2D eigenvalue weighted by atomic mass is 16.5. The number of methoxy groups -OCH3 is 1. The summed E-state index contributed by atoms with van der Waals surface area (Å²) in [6.45, 7) is 0.826. The predicted molar refractivity (Wildman–Crippen MR) is 104 cm³/mol. The number of carbonyl (C=O) groups is 3. The Hall–Kier alpha value is -3.15. The zero-order valence-electron chi connectivity index (χ0n) is 15.8. The summed E-state index contributed by atoms with van der Waals surface area (Å²) >= 11 is 0. The van der Waals surface area contributed by atoms with Crippen molar-refractivity contribution in [3.8, 4) is 0 Å². The highest BCUT2D eigenvalue weighted by molar-refractivity contribution is 5.91. The van der Waals surface area contributed by atoms with Gasteiger partial charge in [0.15, 0.2) is 0 Å². The monoisotopic (exact) mass is 380 g/mol. The minimum Gasteiger partial charge on any atom is -0.467 e. The van der Waals surface area contributed by atoms with E-state index in [0.717, 1.165) is 11.1 Å². The highest BCUT2D eigenvalue weighted by Crippen LogP contribution is 2.21. The van der Waals surface area contributed by atoms with Crippen LogP contribution in [0.5, 0.6) is 0 Å². The van der Waals surface area contributed by atoms with E-state index in [9.17, 15) is 14.4 Å². The number of ether oxygens (including phenoxy) is 1. The van der Waals surface area contributed by atoms with Crippen molar-refractivity contribution in [2.45, 2.75) is 25.4 Å².